The van der Waals surface area contributed by atoms with Gasteiger partial charge in [0.25, 0.3) is 0 Å². The maximum absolute atomic E-state index is 13.0. The van der Waals surface area contributed by atoms with Gasteiger partial charge in [0.1, 0.15) is 11.6 Å². The number of carbonyl (C=O) groups excluding carboxylic acids is 1. The number of amides is 1. The summed E-state index contributed by atoms with van der Waals surface area (Å²) in [6.45, 7) is 5.62. The molecule has 0 saturated carbocycles. The van der Waals surface area contributed by atoms with Crippen molar-refractivity contribution in [2.24, 2.45) is 0 Å². The first-order chi connectivity index (χ1) is 9.06. The summed E-state index contributed by atoms with van der Waals surface area (Å²) >= 11 is 0. The van der Waals surface area contributed by atoms with Crippen LogP contribution in [0.25, 0.3) is 0 Å². The van der Waals surface area contributed by atoms with Crippen LogP contribution in [0.1, 0.15) is 0 Å². The third-order valence-corrected chi connectivity index (χ3v) is 2.83. The zero-order valence-electron chi connectivity index (χ0n) is 10.4. The minimum absolute atomic E-state index is 0.0523. The predicted molar refractivity (Wildman–Crippen MR) is 68.6 cm³/mol. The summed E-state index contributed by atoms with van der Waals surface area (Å²) in [5.41, 5.74) is 0.900. The number of hydrogen-bond acceptors (Lipinski definition) is 3. The Labute approximate surface area is 110 Å². The van der Waals surface area contributed by atoms with Gasteiger partial charge in [-0.2, -0.15) is 0 Å². The van der Waals surface area contributed by atoms with Crippen molar-refractivity contribution in [1.29, 1.82) is 0 Å². The van der Waals surface area contributed by atoms with Crippen LogP contribution in [0.2, 0.25) is 0 Å². The molecule has 1 saturated heterocycles. The van der Waals surface area contributed by atoms with Gasteiger partial charge in [0.05, 0.1) is 13.1 Å². The van der Waals surface area contributed by atoms with E-state index in [1.807, 2.05) is 0 Å². The molecule has 0 radical (unpaired) electrons. The highest BCUT2D eigenvalue weighted by Crippen LogP contribution is 2.14. The molecule has 0 unspecified atom stereocenters. The van der Waals surface area contributed by atoms with Crippen molar-refractivity contribution < 1.29 is 13.6 Å². The largest absolute Gasteiger partial charge is 0.379 e. The molecule has 19 heavy (non-hydrogen) atoms. The number of benzene rings is 1. The molecule has 1 heterocycles. The van der Waals surface area contributed by atoms with Gasteiger partial charge in [-0.05, 0) is 12.1 Å². The first-order valence-electron chi connectivity index (χ1n) is 5.95. The van der Waals surface area contributed by atoms with Gasteiger partial charge >= 0.3 is 0 Å². The van der Waals surface area contributed by atoms with E-state index < -0.39 is 11.6 Å². The predicted octanol–water partition coefficient (Wildman–Crippen LogP) is 1.32. The van der Waals surface area contributed by atoms with Crippen LogP contribution in [-0.2, 0) is 4.79 Å². The lowest BCUT2D eigenvalue weighted by Gasteiger charge is -2.29. The molecule has 2 N–H and O–H groups in total. The van der Waals surface area contributed by atoms with E-state index in [1.165, 1.54) is 12.1 Å². The number of piperazine rings is 1. The summed E-state index contributed by atoms with van der Waals surface area (Å²) in [5, 5.41) is 5.81. The van der Waals surface area contributed by atoms with Crippen LogP contribution in [-0.4, -0.2) is 37.0 Å². The molecule has 0 aromatic heterocycles. The number of anilines is 1. The molecular formula is C13H15F2N3O. The molecule has 1 amide bonds. The third kappa shape index (κ3) is 3.51. The Morgan fingerprint density at radius 2 is 2.05 bits per heavy atom. The van der Waals surface area contributed by atoms with E-state index in [-0.39, 0.29) is 19.0 Å². The Bertz CT molecular complexity index is 484. The Balaban J connectivity index is 1.94. The van der Waals surface area contributed by atoms with Crippen LogP contribution in [0.5, 0.6) is 0 Å². The maximum Gasteiger partial charge on any atom is 0.240 e. The summed E-state index contributed by atoms with van der Waals surface area (Å²) in [7, 11) is 0. The molecule has 0 bridgehead atoms. The first kappa shape index (κ1) is 13.5. The molecule has 1 aliphatic rings. The van der Waals surface area contributed by atoms with Gasteiger partial charge < -0.3 is 15.5 Å². The number of hydrogen-bond donors (Lipinski definition) is 2. The number of nitrogens with one attached hydrogen (secondary N) is 2. The molecule has 102 valence electrons. The van der Waals surface area contributed by atoms with Crippen molar-refractivity contribution in [2.75, 3.05) is 31.5 Å². The second-order valence-corrected chi connectivity index (χ2v) is 4.30. The lowest BCUT2D eigenvalue weighted by Crippen LogP contribution is -2.48. The van der Waals surface area contributed by atoms with Gasteiger partial charge in [-0.3, -0.25) is 4.79 Å². The SMILES string of the molecule is C=C(CNc1cc(F)cc(F)c1)N1CCNCC1=O. The van der Waals surface area contributed by atoms with E-state index >= 15 is 0 Å². The molecule has 4 nitrogen and oxygen atoms in total. The van der Waals surface area contributed by atoms with E-state index in [0.29, 0.717) is 24.5 Å². The molecule has 6 heteroatoms. The standard InChI is InChI=1S/C13H15F2N3O/c1-9(18-3-2-16-8-13(18)19)7-17-12-5-10(14)4-11(15)6-12/h4-6,16-17H,1-3,7-8H2. The lowest BCUT2D eigenvalue weighted by atomic mass is 10.2. The number of rotatable bonds is 4. The van der Waals surface area contributed by atoms with Crippen LogP contribution >= 0.6 is 0 Å². The minimum atomic E-state index is -0.647. The van der Waals surface area contributed by atoms with E-state index in [9.17, 15) is 13.6 Å². The van der Waals surface area contributed by atoms with Crippen LogP contribution in [0.4, 0.5) is 14.5 Å². The Morgan fingerprint density at radius 1 is 1.37 bits per heavy atom. The molecule has 1 aromatic rings. The number of nitrogens with zero attached hydrogens (tertiary/aromatic N) is 1. The summed E-state index contributed by atoms with van der Waals surface area (Å²) in [6, 6.07) is 3.19. The summed E-state index contributed by atoms with van der Waals surface area (Å²) in [4.78, 5) is 13.2. The molecule has 1 aromatic carbocycles. The van der Waals surface area contributed by atoms with Crippen LogP contribution in [0, 0.1) is 11.6 Å². The molecule has 1 aliphatic heterocycles. The van der Waals surface area contributed by atoms with Crippen molar-refractivity contribution in [2.45, 2.75) is 0 Å². The van der Waals surface area contributed by atoms with Gasteiger partial charge in [0.15, 0.2) is 0 Å². The lowest BCUT2D eigenvalue weighted by molar-refractivity contribution is -0.129. The second kappa shape index (κ2) is 5.79. The number of halogens is 2. The minimum Gasteiger partial charge on any atom is -0.379 e. The van der Waals surface area contributed by atoms with Gasteiger partial charge in [-0.1, -0.05) is 6.58 Å². The van der Waals surface area contributed by atoms with Crippen molar-refractivity contribution in [3.05, 3.63) is 42.1 Å². The second-order valence-electron chi connectivity index (χ2n) is 4.30. The van der Waals surface area contributed by atoms with E-state index in [2.05, 4.69) is 17.2 Å². The summed E-state index contributed by atoms with van der Waals surface area (Å²) in [5.74, 6) is -1.35. The highest BCUT2D eigenvalue weighted by Gasteiger charge is 2.19. The van der Waals surface area contributed by atoms with Gasteiger partial charge in [0, 0.05) is 30.5 Å². The van der Waals surface area contributed by atoms with Gasteiger partial charge in [-0.15, -0.1) is 0 Å². The molecule has 0 aliphatic carbocycles. The molecular weight excluding hydrogens is 252 g/mol. The Hall–Kier alpha value is -1.95. The fourth-order valence-electron chi connectivity index (χ4n) is 1.90. The summed E-state index contributed by atoms with van der Waals surface area (Å²) < 4.78 is 26.0. The van der Waals surface area contributed by atoms with Crippen molar-refractivity contribution >= 4 is 11.6 Å². The van der Waals surface area contributed by atoms with Crippen LogP contribution in [0.15, 0.2) is 30.5 Å². The van der Waals surface area contributed by atoms with Crippen molar-refractivity contribution in [3.63, 3.8) is 0 Å². The molecule has 2 rings (SSSR count). The monoisotopic (exact) mass is 267 g/mol. The molecule has 0 atom stereocenters. The maximum atomic E-state index is 13.0. The third-order valence-electron chi connectivity index (χ3n) is 2.83. The average Bonchev–Trinajstić information content (AvgIpc) is 2.35. The van der Waals surface area contributed by atoms with Crippen molar-refractivity contribution in [1.82, 2.24) is 10.2 Å². The summed E-state index contributed by atoms with van der Waals surface area (Å²) in [6.07, 6.45) is 0. The first-order valence-corrected chi connectivity index (χ1v) is 5.95. The topological polar surface area (TPSA) is 44.4 Å². The highest BCUT2D eigenvalue weighted by molar-refractivity contribution is 5.80. The molecule has 1 fully saturated rings. The van der Waals surface area contributed by atoms with E-state index in [1.54, 1.807) is 4.90 Å². The highest BCUT2D eigenvalue weighted by atomic mass is 19.1. The number of carbonyl (C=O) groups is 1. The van der Waals surface area contributed by atoms with E-state index in [0.717, 1.165) is 6.07 Å². The molecule has 0 spiro atoms. The quantitative estimate of drug-likeness (QED) is 0.865. The van der Waals surface area contributed by atoms with Crippen LogP contribution < -0.4 is 10.6 Å². The van der Waals surface area contributed by atoms with Crippen LogP contribution in [0.3, 0.4) is 0 Å². The fourth-order valence-corrected chi connectivity index (χ4v) is 1.90. The average molecular weight is 267 g/mol. The smallest absolute Gasteiger partial charge is 0.240 e. The zero-order chi connectivity index (χ0) is 13.8. The Kier molecular flexibility index (Phi) is 4.11. The Morgan fingerprint density at radius 3 is 2.68 bits per heavy atom. The van der Waals surface area contributed by atoms with Gasteiger partial charge in [-0.25, -0.2) is 8.78 Å². The normalized spacial score (nSPS) is 15.5. The van der Waals surface area contributed by atoms with Crippen molar-refractivity contribution in [3.8, 4) is 0 Å². The van der Waals surface area contributed by atoms with E-state index in [4.69, 9.17) is 0 Å². The zero-order valence-corrected chi connectivity index (χ0v) is 10.4. The van der Waals surface area contributed by atoms with Gasteiger partial charge in [0.2, 0.25) is 5.91 Å². The fraction of sp³-hybridized carbons (Fsp3) is 0.308.